The van der Waals surface area contributed by atoms with Crippen molar-refractivity contribution in [1.82, 2.24) is 10.1 Å². The van der Waals surface area contributed by atoms with Crippen LogP contribution in [0.1, 0.15) is 44.1 Å². The van der Waals surface area contributed by atoms with Crippen molar-refractivity contribution in [3.63, 3.8) is 0 Å². The number of rotatable bonds is 3. The molecule has 0 amide bonds. The molecule has 0 aliphatic heterocycles. The number of hydrogen-bond donors (Lipinski definition) is 1. The van der Waals surface area contributed by atoms with E-state index in [-0.39, 0.29) is 5.41 Å². The number of nitrogens with zero attached hydrogens (tertiary/aromatic N) is 2. The summed E-state index contributed by atoms with van der Waals surface area (Å²) < 4.78 is 5.58. The summed E-state index contributed by atoms with van der Waals surface area (Å²) >= 11 is 0. The van der Waals surface area contributed by atoms with Crippen LogP contribution in [-0.2, 0) is 5.41 Å². The molecule has 1 aliphatic rings. The average Bonchev–Trinajstić information content (AvgIpc) is 3.00. The molecule has 1 aliphatic carbocycles. The number of nitrogens with two attached hydrogens (primary N) is 1. The fourth-order valence-corrected chi connectivity index (χ4v) is 3.08. The number of hydrogen-bond acceptors (Lipinski definition) is 4. The summed E-state index contributed by atoms with van der Waals surface area (Å²) in [6.07, 6.45) is 4.44. The average molecular weight is 285 g/mol. The van der Waals surface area contributed by atoms with Crippen LogP contribution in [0.2, 0.25) is 0 Å². The lowest BCUT2D eigenvalue weighted by molar-refractivity contribution is 0.191. The molecule has 4 nitrogen and oxygen atoms in total. The van der Waals surface area contributed by atoms with Crippen LogP contribution in [0.25, 0.3) is 11.4 Å². The first-order chi connectivity index (χ1) is 10.1. The Morgan fingerprint density at radius 2 is 1.90 bits per heavy atom. The fraction of sp³-hybridized carbons (Fsp3) is 0.529. The third-order valence-corrected chi connectivity index (χ3v) is 4.81. The zero-order valence-corrected chi connectivity index (χ0v) is 12.8. The van der Waals surface area contributed by atoms with E-state index in [1.165, 1.54) is 18.4 Å². The summed E-state index contributed by atoms with van der Waals surface area (Å²) in [7, 11) is 0. The summed E-state index contributed by atoms with van der Waals surface area (Å²) in [5, 5.41) is 4.16. The quantitative estimate of drug-likeness (QED) is 0.938. The summed E-state index contributed by atoms with van der Waals surface area (Å²) in [6, 6.07) is 8.18. The van der Waals surface area contributed by atoms with Crippen molar-refractivity contribution in [2.45, 2.75) is 44.9 Å². The van der Waals surface area contributed by atoms with Gasteiger partial charge in [-0.2, -0.15) is 4.98 Å². The Bertz CT molecular complexity index is 595. The molecule has 1 saturated carbocycles. The Kier molecular flexibility index (Phi) is 3.81. The van der Waals surface area contributed by atoms with Crippen molar-refractivity contribution in [1.29, 1.82) is 0 Å². The Labute approximate surface area is 125 Å². The maximum Gasteiger partial charge on any atom is 0.234 e. The molecular weight excluding hydrogens is 262 g/mol. The van der Waals surface area contributed by atoms with Gasteiger partial charge in [0.25, 0.3) is 0 Å². The minimum atomic E-state index is -0.123. The first-order valence-electron chi connectivity index (χ1n) is 7.74. The highest BCUT2D eigenvalue weighted by Crippen LogP contribution is 2.40. The van der Waals surface area contributed by atoms with Gasteiger partial charge in [0.15, 0.2) is 0 Å². The van der Waals surface area contributed by atoms with Gasteiger partial charge in [0.2, 0.25) is 11.7 Å². The lowest BCUT2D eigenvalue weighted by atomic mass is 9.71. The second kappa shape index (κ2) is 5.60. The Morgan fingerprint density at radius 3 is 2.52 bits per heavy atom. The topological polar surface area (TPSA) is 64.9 Å². The molecule has 0 bridgehead atoms. The van der Waals surface area contributed by atoms with Gasteiger partial charge in [-0.15, -0.1) is 0 Å². The molecule has 0 saturated heterocycles. The van der Waals surface area contributed by atoms with E-state index in [1.807, 2.05) is 12.1 Å². The van der Waals surface area contributed by atoms with Crippen LogP contribution in [0.15, 0.2) is 28.8 Å². The highest BCUT2D eigenvalue weighted by atomic mass is 16.5. The van der Waals surface area contributed by atoms with Crippen molar-refractivity contribution in [2.75, 3.05) is 6.54 Å². The van der Waals surface area contributed by atoms with Gasteiger partial charge in [-0.1, -0.05) is 41.9 Å². The Balaban J connectivity index is 1.88. The fourth-order valence-electron chi connectivity index (χ4n) is 3.08. The van der Waals surface area contributed by atoms with E-state index in [9.17, 15) is 0 Å². The number of aryl methyl sites for hydroxylation is 1. The third-order valence-electron chi connectivity index (χ3n) is 4.81. The second-order valence-corrected chi connectivity index (χ2v) is 6.46. The molecule has 1 aromatic heterocycles. The Hall–Kier alpha value is -1.68. The van der Waals surface area contributed by atoms with E-state index >= 15 is 0 Å². The first-order valence-corrected chi connectivity index (χ1v) is 7.74. The van der Waals surface area contributed by atoms with Crippen LogP contribution in [0.5, 0.6) is 0 Å². The SMILES string of the molecule is Cc1ccc(-c2noc(C3(CN)CCC(C)CC3)n2)cc1. The summed E-state index contributed by atoms with van der Waals surface area (Å²) in [4.78, 5) is 4.64. The molecule has 1 fully saturated rings. The third kappa shape index (κ3) is 2.72. The van der Waals surface area contributed by atoms with E-state index in [1.54, 1.807) is 0 Å². The van der Waals surface area contributed by atoms with Crippen LogP contribution in [0, 0.1) is 12.8 Å². The van der Waals surface area contributed by atoms with E-state index in [0.29, 0.717) is 18.3 Å². The van der Waals surface area contributed by atoms with Gasteiger partial charge in [-0.05, 0) is 38.5 Å². The smallest absolute Gasteiger partial charge is 0.234 e. The zero-order chi connectivity index (χ0) is 14.9. The minimum Gasteiger partial charge on any atom is -0.338 e. The Morgan fingerprint density at radius 1 is 1.24 bits per heavy atom. The van der Waals surface area contributed by atoms with Gasteiger partial charge >= 0.3 is 0 Å². The molecule has 0 radical (unpaired) electrons. The van der Waals surface area contributed by atoms with E-state index < -0.39 is 0 Å². The maximum absolute atomic E-state index is 6.06. The molecule has 2 N–H and O–H groups in total. The standard InChI is InChI=1S/C17H23N3O/c1-12-3-5-14(6-4-12)15-19-16(21-20-15)17(11-18)9-7-13(2)8-10-17/h3-6,13H,7-11,18H2,1-2H3. The normalized spacial score (nSPS) is 26.0. The minimum absolute atomic E-state index is 0.123. The largest absolute Gasteiger partial charge is 0.338 e. The maximum atomic E-state index is 6.06. The van der Waals surface area contributed by atoms with Crippen molar-refractivity contribution in [2.24, 2.45) is 11.7 Å². The van der Waals surface area contributed by atoms with Crippen molar-refractivity contribution >= 4 is 0 Å². The predicted molar refractivity (Wildman–Crippen MR) is 82.8 cm³/mol. The number of aromatic nitrogens is 2. The molecule has 21 heavy (non-hydrogen) atoms. The van der Waals surface area contributed by atoms with E-state index in [4.69, 9.17) is 10.3 Å². The summed E-state index contributed by atoms with van der Waals surface area (Å²) in [6.45, 7) is 4.94. The molecule has 0 spiro atoms. The molecule has 0 atom stereocenters. The molecule has 2 aromatic rings. The summed E-state index contributed by atoms with van der Waals surface area (Å²) in [5.74, 6) is 2.15. The first kappa shape index (κ1) is 14.3. The van der Waals surface area contributed by atoms with Gasteiger partial charge in [-0.25, -0.2) is 0 Å². The second-order valence-electron chi connectivity index (χ2n) is 6.46. The van der Waals surface area contributed by atoms with Crippen LogP contribution in [0.4, 0.5) is 0 Å². The molecule has 0 unspecified atom stereocenters. The predicted octanol–water partition coefficient (Wildman–Crippen LogP) is 3.45. The molecule has 1 heterocycles. The van der Waals surface area contributed by atoms with Crippen molar-refractivity contribution < 1.29 is 4.52 Å². The van der Waals surface area contributed by atoms with Crippen molar-refractivity contribution in [3.8, 4) is 11.4 Å². The van der Waals surface area contributed by atoms with Crippen LogP contribution in [0.3, 0.4) is 0 Å². The molecule has 112 valence electrons. The molecule has 4 heteroatoms. The lowest BCUT2D eigenvalue weighted by Gasteiger charge is -2.35. The van der Waals surface area contributed by atoms with Gasteiger partial charge in [0, 0.05) is 12.1 Å². The van der Waals surface area contributed by atoms with Crippen molar-refractivity contribution in [3.05, 3.63) is 35.7 Å². The summed E-state index contributed by atoms with van der Waals surface area (Å²) in [5.41, 5.74) is 8.15. The highest BCUT2D eigenvalue weighted by molar-refractivity contribution is 5.54. The van der Waals surface area contributed by atoms with Gasteiger partial charge < -0.3 is 10.3 Å². The van der Waals surface area contributed by atoms with Gasteiger partial charge in [0.05, 0.1) is 5.41 Å². The van der Waals surface area contributed by atoms with Crippen LogP contribution in [-0.4, -0.2) is 16.7 Å². The molecular formula is C17H23N3O. The van der Waals surface area contributed by atoms with Gasteiger partial charge in [-0.3, -0.25) is 0 Å². The van der Waals surface area contributed by atoms with Gasteiger partial charge in [0.1, 0.15) is 0 Å². The monoisotopic (exact) mass is 285 g/mol. The van der Waals surface area contributed by atoms with E-state index in [0.717, 1.165) is 24.3 Å². The number of benzene rings is 1. The van der Waals surface area contributed by atoms with Crippen LogP contribution < -0.4 is 5.73 Å². The van der Waals surface area contributed by atoms with Crippen LogP contribution >= 0.6 is 0 Å². The molecule has 3 rings (SSSR count). The molecule has 1 aromatic carbocycles. The van der Waals surface area contributed by atoms with E-state index in [2.05, 4.69) is 36.1 Å². The lowest BCUT2D eigenvalue weighted by Crippen LogP contribution is -2.39. The highest BCUT2D eigenvalue weighted by Gasteiger charge is 2.39. The zero-order valence-electron chi connectivity index (χ0n) is 12.8.